The highest BCUT2D eigenvalue weighted by Crippen LogP contribution is 2.60. The molecule has 0 amide bonds. The monoisotopic (exact) mass is 1370 g/mol. The summed E-state index contributed by atoms with van der Waals surface area (Å²) in [6, 6.07) is 11.5. The van der Waals surface area contributed by atoms with E-state index in [0.717, 1.165) is 11.1 Å². The summed E-state index contributed by atoms with van der Waals surface area (Å²) >= 11 is 0. The lowest BCUT2D eigenvalue weighted by Gasteiger charge is -2.39. The molecule has 6 aromatic rings. The molecule has 0 fully saturated rings. The van der Waals surface area contributed by atoms with Gasteiger partial charge in [0.15, 0.2) is 0 Å². The molecule has 0 atom stereocenters. The highest BCUT2D eigenvalue weighted by Gasteiger charge is 2.74. The second-order valence-corrected chi connectivity index (χ2v) is 22.1. The van der Waals surface area contributed by atoms with Crippen LogP contribution in [0.2, 0.25) is 0 Å². The molecule has 0 aromatic heterocycles. The number of rotatable bonds is 26. The lowest BCUT2D eigenvalue weighted by Crippen LogP contribution is -2.55. The number of aliphatic hydroxyl groups is 4. The van der Waals surface area contributed by atoms with Crippen LogP contribution in [0.1, 0.15) is 114 Å². The van der Waals surface area contributed by atoms with Crippen molar-refractivity contribution in [1.82, 2.24) is 0 Å². The third kappa shape index (κ3) is 16.8. The summed E-state index contributed by atoms with van der Waals surface area (Å²) in [6.07, 6.45) is -23.9. The molecule has 10 N–H and O–H groups in total. The van der Waals surface area contributed by atoms with Gasteiger partial charge in [-0.3, -0.25) is 0 Å². The summed E-state index contributed by atoms with van der Waals surface area (Å²) in [7, 11) is 11.1. The van der Waals surface area contributed by atoms with Crippen LogP contribution < -0.4 is 0 Å². The van der Waals surface area contributed by atoms with Gasteiger partial charge in [0, 0.05) is 129 Å². The summed E-state index contributed by atoms with van der Waals surface area (Å²) in [6.45, 7) is -0.939. The van der Waals surface area contributed by atoms with Crippen molar-refractivity contribution in [3.63, 3.8) is 0 Å². The summed E-state index contributed by atoms with van der Waals surface area (Å²) in [5, 5.41) is 98.8. The van der Waals surface area contributed by atoms with E-state index < -0.39 is 161 Å². The van der Waals surface area contributed by atoms with E-state index in [2.05, 4.69) is 13.8 Å². The van der Waals surface area contributed by atoms with Gasteiger partial charge < -0.3 is 89.0 Å². The van der Waals surface area contributed by atoms with E-state index in [9.17, 15) is 104 Å². The number of benzene rings is 6. The van der Waals surface area contributed by atoms with Crippen LogP contribution in [0, 0.1) is 0 Å². The molecule has 6 rings (SSSR count). The maximum atomic E-state index is 14.7. The van der Waals surface area contributed by atoms with Gasteiger partial charge in [-0.05, 0) is 106 Å². The molecule has 30 heteroatoms. The Bertz CT molecular complexity index is 3150. The summed E-state index contributed by atoms with van der Waals surface area (Å²) in [5.41, 5.74) is -14.2. The van der Waals surface area contributed by atoms with E-state index >= 15 is 0 Å². The molecule has 0 bridgehead atoms. The molecule has 0 unspecified atom stereocenters. The summed E-state index contributed by atoms with van der Waals surface area (Å²) < 4.78 is 215. The number of aromatic hydroxyl groups is 6. The van der Waals surface area contributed by atoms with Gasteiger partial charge in [-0.25, -0.2) is 0 Å². The van der Waals surface area contributed by atoms with Crippen LogP contribution >= 0.6 is 0 Å². The zero-order chi connectivity index (χ0) is 72.0. The van der Waals surface area contributed by atoms with Gasteiger partial charge in [0.2, 0.25) is 10.8 Å². The number of halogens is 12. The number of methoxy groups -OCH3 is 8. The molecule has 0 aliphatic carbocycles. The smallest absolute Gasteiger partial charge is 0.411 e. The zero-order valence-electron chi connectivity index (χ0n) is 53.2. The first-order chi connectivity index (χ1) is 44.4. The molecule has 0 saturated heterocycles. The minimum absolute atomic E-state index is 0.194. The topological polar surface area (TPSA) is 276 Å². The van der Waals surface area contributed by atoms with Crippen LogP contribution in [0.3, 0.4) is 0 Å². The number of aliphatic hydroxyl groups excluding tert-OH is 4. The minimum Gasteiger partial charge on any atom is -0.507 e. The van der Waals surface area contributed by atoms with Crippen LogP contribution in [0.5, 0.6) is 34.5 Å². The predicted molar refractivity (Wildman–Crippen MR) is 316 cm³/mol. The van der Waals surface area contributed by atoms with Gasteiger partial charge in [-0.1, -0.05) is 13.8 Å². The van der Waals surface area contributed by atoms with Crippen LogP contribution in [0.25, 0.3) is 0 Å². The zero-order valence-corrected chi connectivity index (χ0v) is 53.2. The first kappa shape index (κ1) is 80.2. The van der Waals surface area contributed by atoms with E-state index in [0.29, 0.717) is 97.2 Å². The fourth-order valence-electron chi connectivity index (χ4n) is 10.9. The Hall–Kier alpha value is -7.20. The van der Waals surface area contributed by atoms with E-state index in [4.69, 9.17) is 37.9 Å². The number of hydrogen-bond donors (Lipinski definition) is 10. The molecule has 0 saturated carbocycles. The average molecular weight is 1370 g/mol. The number of hydrogen-bond acceptors (Lipinski definition) is 18. The van der Waals surface area contributed by atoms with Crippen LogP contribution in [0.15, 0.2) is 72.8 Å². The number of ether oxygens (including phenoxy) is 8. The van der Waals surface area contributed by atoms with E-state index in [1.807, 2.05) is 24.3 Å². The quantitative estimate of drug-likeness (QED) is 0.0226. The van der Waals surface area contributed by atoms with Gasteiger partial charge in [-0.2, -0.15) is 52.7 Å². The molecule has 0 aliphatic rings. The van der Waals surface area contributed by atoms with Crippen molar-refractivity contribution in [2.24, 2.45) is 0 Å². The molecular formula is C65H76F12O18. The van der Waals surface area contributed by atoms with E-state index in [1.54, 1.807) is 28.4 Å². The molecule has 0 spiro atoms. The third-order valence-corrected chi connectivity index (χ3v) is 15.6. The van der Waals surface area contributed by atoms with E-state index in [-0.39, 0.29) is 33.8 Å². The highest BCUT2D eigenvalue weighted by atomic mass is 19.4. The van der Waals surface area contributed by atoms with Gasteiger partial charge in [0.1, 0.15) is 34.5 Å². The van der Waals surface area contributed by atoms with Crippen molar-refractivity contribution in [1.29, 1.82) is 0 Å². The highest BCUT2D eigenvalue weighted by molar-refractivity contribution is 5.58. The standard InChI is InChI=1S/C23H26F6O6.C23H32O6.C19H18F6O6/c1-32-9-13-5-17(6-14(10-33-2)19(13)30)21(22(24,25)26,23(27,28)29)18-7-15(11-34-3)20(31)16(8-18)12-35-4;1-23(2,19-7-15(11-26-3)21(24)16(8-19)12-27-4)20-9-17(13-28-5)22(25)18(10-20)14-29-6;20-18(21,22)17(19(23,24)25,13-1-9(5-26)15(30)10(2-13)6-27)14-3-11(7-28)16(31)12(4-14)8-29/h5-8,30-31H,9-12H2,1-4H3;7-10,24-25H,11-14H2,1-6H3;1-4,26-31H,5-8H2. The number of alkyl halides is 12. The SMILES string of the molecule is COCc1cc(C(C)(C)c2cc(COC)c(O)c(COC)c2)cc(COC)c1O.COCc1cc(C(c2cc(COC)c(O)c(COC)c2)(C(F)(F)F)C(F)(F)F)cc(COC)c1O.OCc1cc(C(c2cc(CO)c(O)c(CO)c2)(C(F)(F)F)C(F)(F)F)cc(CO)c1O. The second-order valence-electron chi connectivity index (χ2n) is 22.1. The largest absolute Gasteiger partial charge is 0.507 e. The van der Waals surface area contributed by atoms with Gasteiger partial charge >= 0.3 is 24.7 Å². The summed E-state index contributed by atoms with van der Waals surface area (Å²) in [4.78, 5) is 0. The van der Waals surface area contributed by atoms with Crippen molar-refractivity contribution in [3.8, 4) is 34.5 Å². The van der Waals surface area contributed by atoms with Crippen LogP contribution in [0.4, 0.5) is 52.7 Å². The molecule has 528 valence electrons. The fourth-order valence-corrected chi connectivity index (χ4v) is 10.9. The third-order valence-electron chi connectivity index (χ3n) is 15.6. The Labute approximate surface area is 538 Å². The molecule has 0 radical (unpaired) electrons. The number of phenolic OH excluding ortho intramolecular Hbond substituents is 4. The average Bonchev–Trinajstić information content (AvgIpc) is 0.717. The number of phenols is 6. The van der Waals surface area contributed by atoms with Crippen molar-refractivity contribution in [2.75, 3.05) is 56.9 Å². The maximum Gasteiger partial charge on any atom is 0.411 e. The molecule has 95 heavy (non-hydrogen) atoms. The van der Waals surface area contributed by atoms with Crippen LogP contribution in [-0.2, 0) is 133 Å². The molecule has 18 nitrogen and oxygen atoms in total. The van der Waals surface area contributed by atoms with Crippen molar-refractivity contribution >= 4 is 0 Å². The van der Waals surface area contributed by atoms with Gasteiger partial charge in [0.05, 0.1) is 79.3 Å². The lowest BCUT2D eigenvalue weighted by atomic mass is 9.71. The molecular weight excluding hydrogens is 1300 g/mol. The van der Waals surface area contributed by atoms with Gasteiger partial charge in [-0.15, -0.1) is 0 Å². The van der Waals surface area contributed by atoms with Gasteiger partial charge in [0.25, 0.3) is 0 Å². The lowest BCUT2D eigenvalue weighted by molar-refractivity contribution is -0.290. The van der Waals surface area contributed by atoms with Crippen molar-refractivity contribution in [2.45, 2.75) is 134 Å². The fraction of sp³-hybridized carbons (Fsp3) is 0.446. The first-order valence-corrected chi connectivity index (χ1v) is 28.1. The second kappa shape index (κ2) is 33.2. The Morgan fingerprint density at radius 3 is 0.495 bits per heavy atom. The Morgan fingerprint density at radius 2 is 0.368 bits per heavy atom. The molecule has 0 heterocycles. The normalized spacial score (nSPS) is 12.6. The first-order valence-electron chi connectivity index (χ1n) is 28.1. The Morgan fingerprint density at radius 1 is 0.242 bits per heavy atom. The Balaban J connectivity index is 0.000000305. The minimum atomic E-state index is -6.06. The maximum absolute atomic E-state index is 14.7. The van der Waals surface area contributed by atoms with E-state index in [1.165, 1.54) is 28.4 Å². The Kier molecular flexibility index (Phi) is 28.0. The molecule has 6 aromatic carbocycles. The predicted octanol–water partition coefficient (Wildman–Crippen LogP) is 11.6. The van der Waals surface area contributed by atoms with Crippen LogP contribution in [-0.4, -0.2) is 133 Å². The summed E-state index contributed by atoms with van der Waals surface area (Å²) in [5.74, 6) is -2.43. The van der Waals surface area contributed by atoms with Crippen molar-refractivity contribution < 1.29 is 142 Å². The van der Waals surface area contributed by atoms with Crippen molar-refractivity contribution in [3.05, 3.63) is 173 Å². The molecule has 0 aliphatic heterocycles.